The number of hydrogen-bond donors (Lipinski definition) is 4. The normalized spacial score (nSPS) is 11.6. The summed E-state index contributed by atoms with van der Waals surface area (Å²) in [5, 5.41) is 13.7. The summed E-state index contributed by atoms with van der Waals surface area (Å²) in [5.74, 6) is -2.84. The number of amides is 2. The maximum atomic E-state index is 14.8. The number of carbonyl (C=O) groups excluding carboxylic acids is 3. The number of benzene rings is 1. The van der Waals surface area contributed by atoms with Crippen molar-refractivity contribution in [2.45, 2.75) is 121 Å². The molecule has 2 rings (SSSR count). The van der Waals surface area contributed by atoms with Crippen molar-refractivity contribution in [1.29, 1.82) is 0 Å². The SMILES string of the molecule is CC(C)(C)OC(=O)CCCCCCCCCCCCCCCOc1ccc(S(=O)(=O)Nc2ccc(C(=O)NCCOCCOCC(=O)NCCOCCOCC(=O)O)cn2)cc1F. The van der Waals surface area contributed by atoms with Crippen molar-refractivity contribution >= 4 is 39.6 Å². The molecule has 1 heterocycles. The zero-order valence-electron chi connectivity index (χ0n) is 37.2. The molecule has 0 aliphatic rings. The number of nitrogens with one attached hydrogen (secondary N) is 3. The average molecular weight is 913 g/mol. The van der Waals surface area contributed by atoms with E-state index in [1.165, 1.54) is 69.0 Å². The number of ether oxygens (including phenoxy) is 6. The van der Waals surface area contributed by atoms with Crippen molar-refractivity contribution in [2.75, 3.05) is 77.3 Å². The quantitative estimate of drug-likeness (QED) is 0.0438. The lowest BCUT2D eigenvalue weighted by molar-refractivity contribution is -0.155. The summed E-state index contributed by atoms with van der Waals surface area (Å²) in [5.41, 5.74) is -0.236. The van der Waals surface area contributed by atoms with Gasteiger partial charge in [0.05, 0.1) is 56.7 Å². The Labute approximate surface area is 371 Å². The number of nitrogens with zero attached hydrogens (tertiary/aromatic N) is 1. The van der Waals surface area contributed by atoms with E-state index in [2.05, 4.69) is 20.3 Å². The number of unbranched alkanes of at least 4 members (excludes halogenated alkanes) is 12. The van der Waals surface area contributed by atoms with Gasteiger partial charge in [-0.15, -0.1) is 0 Å². The number of carboxylic acids is 1. The fourth-order valence-electron chi connectivity index (χ4n) is 5.86. The predicted octanol–water partition coefficient (Wildman–Crippen LogP) is 6.20. The van der Waals surface area contributed by atoms with Crippen molar-refractivity contribution < 1.29 is 65.5 Å². The highest BCUT2D eigenvalue weighted by Crippen LogP contribution is 2.23. The molecule has 0 spiro atoms. The van der Waals surface area contributed by atoms with Crippen molar-refractivity contribution in [3.63, 3.8) is 0 Å². The van der Waals surface area contributed by atoms with Crippen LogP contribution in [0.5, 0.6) is 5.75 Å². The Hall–Kier alpha value is -4.43. The zero-order valence-corrected chi connectivity index (χ0v) is 38.0. The van der Waals surface area contributed by atoms with Crippen LogP contribution in [0.2, 0.25) is 0 Å². The second kappa shape index (κ2) is 32.3. The van der Waals surface area contributed by atoms with E-state index < -0.39 is 39.9 Å². The molecule has 0 radical (unpaired) electrons. The molecule has 1 aromatic carbocycles. The molecule has 0 aliphatic carbocycles. The molecule has 63 heavy (non-hydrogen) atoms. The first-order valence-electron chi connectivity index (χ1n) is 21.9. The van der Waals surface area contributed by atoms with E-state index >= 15 is 0 Å². The Morgan fingerprint density at radius 2 is 1.24 bits per heavy atom. The van der Waals surface area contributed by atoms with Gasteiger partial charge in [0.15, 0.2) is 11.6 Å². The van der Waals surface area contributed by atoms with Crippen molar-refractivity contribution in [2.24, 2.45) is 0 Å². The molecule has 19 heteroatoms. The van der Waals surface area contributed by atoms with Gasteiger partial charge in [-0.05, 0) is 63.9 Å². The molecule has 0 fully saturated rings. The maximum absolute atomic E-state index is 14.8. The fourth-order valence-corrected chi connectivity index (χ4v) is 6.88. The molecule has 1 aromatic heterocycles. The molecule has 0 atom stereocenters. The minimum atomic E-state index is -4.18. The Morgan fingerprint density at radius 1 is 0.683 bits per heavy atom. The van der Waals surface area contributed by atoms with Gasteiger partial charge >= 0.3 is 11.9 Å². The summed E-state index contributed by atoms with van der Waals surface area (Å²) in [6.45, 7) is 6.93. The molecular formula is C44H69FN4O13S. The minimum absolute atomic E-state index is 0.0234. The Morgan fingerprint density at radius 3 is 1.79 bits per heavy atom. The van der Waals surface area contributed by atoms with Gasteiger partial charge in [0, 0.05) is 25.7 Å². The van der Waals surface area contributed by atoms with Crippen LogP contribution in [0.4, 0.5) is 10.2 Å². The van der Waals surface area contributed by atoms with Crippen LogP contribution in [-0.4, -0.2) is 120 Å². The van der Waals surface area contributed by atoms with Crippen LogP contribution in [0.25, 0.3) is 0 Å². The lowest BCUT2D eigenvalue weighted by atomic mass is 10.0. The van der Waals surface area contributed by atoms with Gasteiger partial charge in [0.2, 0.25) is 5.91 Å². The van der Waals surface area contributed by atoms with Crippen molar-refractivity contribution in [3.05, 3.63) is 47.9 Å². The third kappa shape index (κ3) is 28.1. The van der Waals surface area contributed by atoms with Gasteiger partial charge in [0.1, 0.15) is 24.6 Å². The number of carbonyl (C=O) groups is 4. The Kier molecular flexibility index (Phi) is 28.0. The largest absolute Gasteiger partial charge is 0.491 e. The molecule has 2 aromatic rings. The molecule has 0 saturated carbocycles. The number of esters is 1. The third-order valence-corrected chi connectivity index (χ3v) is 10.3. The van der Waals surface area contributed by atoms with E-state index in [0.29, 0.717) is 13.0 Å². The van der Waals surface area contributed by atoms with Crippen LogP contribution in [0.3, 0.4) is 0 Å². The summed E-state index contributed by atoms with van der Waals surface area (Å²) >= 11 is 0. The number of pyridine rings is 1. The highest BCUT2D eigenvalue weighted by atomic mass is 32.2. The number of rotatable bonds is 37. The summed E-state index contributed by atoms with van der Waals surface area (Å²) < 4.78 is 74.5. The number of sulfonamides is 1. The van der Waals surface area contributed by atoms with Gasteiger partial charge < -0.3 is 44.2 Å². The highest BCUT2D eigenvalue weighted by molar-refractivity contribution is 7.92. The monoisotopic (exact) mass is 912 g/mol. The average Bonchev–Trinajstić information content (AvgIpc) is 3.22. The first-order valence-corrected chi connectivity index (χ1v) is 23.4. The molecule has 0 unspecified atom stereocenters. The van der Waals surface area contributed by atoms with Crippen LogP contribution < -0.4 is 20.1 Å². The van der Waals surface area contributed by atoms with E-state index in [-0.39, 0.29) is 93.2 Å². The Balaban J connectivity index is 1.50. The topological polar surface area (TPSA) is 227 Å². The zero-order chi connectivity index (χ0) is 46.2. The second-order valence-corrected chi connectivity index (χ2v) is 17.4. The van der Waals surface area contributed by atoms with Crippen molar-refractivity contribution in [3.8, 4) is 5.75 Å². The lowest BCUT2D eigenvalue weighted by Crippen LogP contribution is -2.31. The van der Waals surface area contributed by atoms with E-state index in [0.717, 1.165) is 51.0 Å². The predicted molar refractivity (Wildman–Crippen MR) is 234 cm³/mol. The standard InChI is InChI=1S/C44H69FN4O13S/c1-44(2,3)62-42(53)17-15-13-11-9-7-5-4-6-8-10-12-14-16-24-61-38-20-19-36(31-37(38)45)63(55,56)49-39-21-18-35(32-48-39)43(54)47-23-26-58-27-29-59-33-40(50)46-22-25-57-28-30-60-34-41(51)52/h18-21,31-32H,4-17,22-30,33-34H2,1-3H3,(H,46,50)(H,47,54)(H,48,49)(H,51,52). The molecular weight excluding hydrogens is 844 g/mol. The molecule has 2 amide bonds. The highest BCUT2D eigenvalue weighted by Gasteiger charge is 2.19. The van der Waals surface area contributed by atoms with Gasteiger partial charge in [-0.1, -0.05) is 70.6 Å². The van der Waals surface area contributed by atoms with Gasteiger partial charge in [-0.2, -0.15) is 0 Å². The number of aromatic nitrogens is 1. The summed E-state index contributed by atoms with van der Waals surface area (Å²) in [6, 6.07) is 6.15. The first kappa shape index (κ1) is 54.7. The van der Waals surface area contributed by atoms with E-state index in [1.54, 1.807) is 0 Å². The molecule has 356 valence electrons. The maximum Gasteiger partial charge on any atom is 0.329 e. The van der Waals surface area contributed by atoms with Crippen LogP contribution in [0, 0.1) is 5.82 Å². The number of carboxylic acid groups (broad SMARTS) is 1. The first-order chi connectivity index (χ1) is 30.2. The lowest BCUT2D eigenvalue weighted by Gasteiger charge is -2.19. The van der Waals surface area contributed by atoms with E-state index in [1.807, 2.05) is 20.8 Å². The molecule has 17 nitrogen and oxygen atoms in total. The molecule has 0 aliphatic heterocycles. The van der Waals surface area contributed by atoms with Gasteiger partial charge in [-0.25, -0.2) is 22.6 Å². The van der Waals surface area contributed by atoms with E-state index in [9.17, 15) is 32.0 Å². The third-order valence-electron chi connectivity index (χ3n) is 8.98. The van der Waals surface area contributed by atoms with Gasteiger partial charge in [-0.3, -0.25) is 19.1 Å². The fraction of sp³-hybridized carbons (Fsp3) is 0.659. The van der Waals surface area contributed by atoms with Crippen molar-refractivity contribution in [1.82, 2.24) is 15.6 Å². The van der Waals surface area contributed by atoms with Crippen LogP contribution in [-0.2, 0) is 48.1 Å². The summed E-state index contributed by atoms with van der Waals surface area (Å²) in [7, 11) is -4.18. The number of anilines is 1. The van der Waals surface area contributed by atoms with Crippen LogP contribution >= 0.6 is 0 Å². The number of aliphatic carboxylic acids is 1. The van der Waals surface area contributed by atoms with E-state index in [4.69, 9.17) is 33.5 Å². The Bertz CT molecular complexity index is 1730. The summed E-state index contributed by atoms with van der Waals surface area (Å²) in [6.07, 6.45) is 16.0. The van der Waals surface area contributed by atoms with Crippen LogP contribution in [0.15, 0.2) is 41.4 Å². The number of halogens is 1. The van der Waals surface area contributed by atoms with Crippen LogP contribution in [0.1, 0.15) is 121 Å². The molecule has 4 N–H and O–H groups in total. The molecule has 0 bridgehead atoms. The van der Waals surface area contributed by atoms with Gasteiger partial charge in [0.25, 0.3) is 15.9 Å². The smallest absolute Gasteiger partial charge is 0.329 e. The summed E-state index contributed by atoms with van der Waals surface area (Å²) in [4.78, 5) is 50.0. The number of hydrogen-bond acceptors (Lipinski definition) is 13. The minimum Gasteiger partial charge on any atom is -0.491 e. The second-order valence-electron chi connectivity index (χ2n) is 15.7. The molecule has 0 saturated heterocycles.